The Kier molecular flexibility index (Phi) is 4.29. The molecule has 0 spiro atoms. The third-order valence-electron chi connectivity index (χ3n) is 3.99. The van der Waals surface area contributed by atoms with Crippen LogP contribution in [0.15, 0.2) is 48.5 Å². The Hall–Kier alpha value is -2.38. The fourth-order valence-electron chi connectivity index (χ4n) is 2.81. The van der Waals surface area contributed by atoms with Crippen molar-refractivity contribution in [1.29, 1.82) is 0 Å². The van der Waals surface area contributed by atoms with Crippen LogP contribution in [0.2, 0.25) is 0 Å². The first kappa shape index (κ1) is 16.5. The Bertz CT molecular complexity index is 880. The molecule has 0 radical (unpaired) electrons. The molecule has 4 N–H and O–H groups in total. The summed E-state index contributed by atoms with van der Waals surface area (Å²) in [6.45, 7) is 2.03. The number of nitrogens with two attached hydrogens (primary N) is 1. The second-order valence-corrected chi connectivity index (χ2v) is 7.37. The van der Waals surface area contributed by atoms with Crippen LogP contribution in [0.3, 0.4) is 0 Å². The molecule has 1 fully saturated rings. The van der Waals surface area contributed by atoms with E-state index < -0.39 is 10.2 Å². The summed E-state index contributed by atoms with van der Waals surface area (Å²) >= 11 is 0. The van der Waals surface area contributed by atoms with Crippen LogP contribution >= 0.6 is 0 Å². The molecule has 1 amide bonds. The van der Waals surface area contributed by atoms with Gasteiger partial charge in [-0.2, -0.15) is 8.42 Å². The van der Waals surface area contributed by atoms with E-state index in [4.69, 9.17) is 5.14 Å². The highest BCUT2D eigenvalue weighted by molar-refractivity contribution is 7.90. The highest BCUT2D eigenvalue weighted by Crippen LogP contribution is 2.48. The molecule has 6 nitrogen and oxygen atoms in total. The van der Waals surface area contributed by atoms with Gasteiger partial charge in [-0.25, -0.2) is 5.14 Å². The molecule has 2 unspecified atom stereocenters. The maximum Gasteiger partial charge on any atom is 0.296 e. The standard InChI is InChI=1S/C17H19N3O3S/c1-11-4-2-5-12(8-11)15-10-16(15)17(21)19-13-6-3-7-14(9-13)20-24(18,22)23/h2-9,15-16,20H,10H2,1H3,(H,19,21)(H2,18,22,23). The van der Waals surface area contributed by atoms with E-state index in [1.165, 1.54) is 17.2 Å². The minimum atomic E-state index is -3.84. The van der Waals surface area contributed by atoms with E-state index in [-0.39, 0.29) is 17.7 Å². The fourth-order valence-corrected chi connectivity index (χ4v) is 3.27. The topological polar surface area (TPSA) is 101 Å². The van der Waals surface area contributed by atoms with Crippen molar-refractivity contribution in [3.8, 4) is 0 Å². The number of hydrogen-bond donors (Lipinski definition) is 3. The molecule has 0 bridgehead atoms. The Labute approximate surface area is 141 Å². The average Bonchev–Trinajstić information content (AvgIpc) is 3.26. The monoisotopic (exact) mass is 345 g/mol. The van der Waals surface area contributed by atoms with Crippen LogP contribution in [0, 0.1) is 12.8 Å². The smallest absolute Gasteiger partial charge is 0.296 e. The lowest BCUT2D eigenvalue weighted by Crippen LogP contribution is -2.21. The second-order valence-electron chi connectivity index (χ2n) is 6.08. The van der Waals surface area contributed by atoms with Gasteiger partial charge in [-0.05, 0) is 43.0 Å². The van der Waals surface area contributed by atoms with Crippen molar-refractivity contribution in [2.75, 3.05) is 10.0 Å². The van der Waals surface area contributed by atoms with Crippen molar-refractivity contribution in [3.63, 3.8) is 0 Å². The third-order valence-corrected chi connectivity index (χ3v) is 4.51. The van der Waals surface area contributed by atoms with E-state index in [0.29, 0.717) is 11.4 Å². The van der Waals surface area contributed by atoms with Gasteiger partial charge in [0.25, 0.3) is 10.2 Å². The molecule has 1 aliphatic carbocycles. The minimum absolute atomic E-state index is 0.0540. The lowest BCUT2D eigenvalue weighted by Gasteiger charge is -2.08. The quantitative estimate of drug-likeness (QED) is 0.775. The number of hydrogen-bond acceptors (Lipinski definition) is 3. The third kappa shape index (κ3) is 4.12. The number of carbonyl (C=O) groups excluding carboxylic acids is 1. The first-order valence-electron chi connectivity index (χ1n) is 7.60. The summed E-state index contributed by atoms with van der Waals surface area (Å²) in [7, 11) is -3.84. The summed E-state index contributed by atoms with van der Waals surface area (Å²) in [5.41, 5.74) is 3.20. The molecule has 3 rings (SSSR count). The Morgan fingerprint density at radius 3 is 2.54 bits per heavy atom. The fraction of sp³-hybridized carbons (Fsp3) is 0.235. The molecule has 2 aromatic rings. The number of amides is 1. The Morgan fingerprint density at radius 2 is 1.83 bits per heavy atom. The molecule has 1 aliphatic rings. The molecule has 126 valence electrons. The van der Waals surface area contributed by atoms with Crippen LogP contribution in [0.5, 0.6) is 0 Å². The molecule has 1 saturated carbocycles. The largest absolute Gasteiger partial charge is 0.326 e. The summed E-state index contributed by atoms with van der Waals surface area (Å²) in [4.78, 5) is 12.4. The second kappa shape index (κ2) is 6.26. The van der Waals surface area contributed by atoms with Crippen molar-refractivity contribution in [3.05, 3.63) is 59.7 Å². The van der Waals surface area contributed by atoms with E-state index >= 15 is 0 Å². The van der Waals surface area contributed by atoms with Crippen LogP contribution in [0.1, 0.15) is 23.5 Å². The van der Waals surface area contributed by atoms with Crippen LogP contribution in [0.4, 0.5) is 11.4 Å². The van der Waals surface area contributed by atoms with Gasteiger partial charge in [0, 0.05) is 11.6 Å². The van der Waals surface area contributed by atoms with Crippen molar-refractivity contribution < 1.29 is 13.2 Å². The molecule has 2 aromatic carbocycles. The molecule has 24 heavy (non-hydrogen) atoms. The summed E-state index contributed by atoms with van der Waals surface area (Å²) in [6.07, 6.45) is 0.824. The summed E-state index contributed by atoms with van der Waals surface area (Å²) in [6, 6.07) is 14.6. The van der Waals surface area contributed by atoms with Gasteiger partial charge in [0.2, 0.25) is 5.91 Å². The van der Waals surface area contributed by atoms with Crippen molar-refractivity contribution >= 4 is 27.5 Å². The Morgan fingerprint density at radius 1 is 1.12 bits per heavy atom. The van der Waals surface area contributed by atoms with E-state index in [0.717, 1.165) is 6.42 Å². The number of aryl methyl sites for hydroxylation is 1. The molecular formula is C17H19N3O3S. The zero-order valence-electron chi connectivity index (χ0n) is 13.2. The van der Waals surface area contributed by atoms with E-state index in [1.54, 1.807) is 18.2 Å². The normalized spacial score (nSPS) is 19.6. The van der Waals surface area contributed by atoms with Gasteiger partial charge in [-0.1, -0.05) is 35.9 Å². The van der Waals surface area contributed by atoms with Crippen molar-refractivity contribution in [1.82, 2.24) is 0 Å². The molecule has 0 aliphatic heterocycles. The van der Waals surface area contributed by atoms with E-state index in [9.17, 15) is 13.2 Å². The van der Waals surface area contributed by atoms with Gasteiger partial charge in [0.1, 0.15) is 0 Å². The van der Waals surface area contributed by atoms with Crippen molar-refractivity contribution in [2.24, 2.45) is 11.1 Å². The molecule has 2 atom stereocenters. The van der Waals surface area contributed by atoms with Gasteiger partial charge in [0.05, 0.1) is 5.69 Å². The van der Waals surface area contributed by atoms with Gasteiger partial charge in [-0.15, -0.1) is 0 Å². The first-order chi connectivity index (χ1) is 11.3. The zero-order chi connectivity index (χ0) is 17.3. The van der Waals surface area contributed by atoms with E-state index in [2.05, 4.69) is 16.1 Å². The SMILES string of the molecule is Cc1cccc(C2CC2C(=O)Nc2cccc(NS(N)(=O)=O)c2)c1. The number of benzene rings is 2. The molecular weight excluding hydrogens is 326 g/mol. The Balaban J connectivity index is 1.65. The van der Waals surface area contributed by atoms with Gasteiger partial charge in [0.15, 0.2) is 0 Å². The summed E-state index contributed by atoms with van der Waals surface area (Å²) in [5.74, 6) is 0.131. The zero-order valence-corrected chi connectivity index (χ0v) is 14.0. The predicted molar refractivity (Wildman–Crippen MR) is 93.8 cm³/mol. The summed E-state index contributed by atoms with van der Waals surface area (Å²) in [5, 5.41) is 7.78. The predicted octanol–water partition coefficient (Wildman–Crippen LogP) is 2.35. The highest BCUT2D eigenvalue weighted by Gasteiger charge is 2.43. The molecule has 7 heteroatoms. The van der Waals surface area contributed by atoms with Crippen LogP contribution in [-0.4, -0.2) is 14.3 Å². The van der Waals surface area contributed by atoms with Gasteiger partial charge < -0.3 is 5.32 Å². The molecule has 0 heterocycles. The number of anilines is 2. The average molecular weight is 345 g/mol. The van der Waals surface area contributed by atoms with Crippen LogP contribution in [-0.2, 0) is 15.0 Å². The van der Waals surface area contributed by atoms with Crippen molar-refractivity contribution in [2.45, 2.75) is 19.3 Å². The number of carbonyl (C=O) groups is 1. The first-order valence-corrected chi connectivity index (χ1v) is 9.14. The minimum Gasteiger partial charge on any atom is -0.326 e. The number of rotatable bonds is 5. The molecule has 0 saturated heterocycles. The van der Waals surface area contributed by atoms with Crippen LogP contribution in [0.25, 0.3) is 0 Å². The summed E-state index contributed by atoms with van der Waals surface area (Å²) < 4.78 is 24.3. The lowest BCUT2D eigenvalue weighted by molar-refractivity contribution is -0.117. The maximum absolute atomic E-state index is 12.4. The van der Waals surface area contributed by atoms with Crippen LogP contribution < -0.4 is 15.2 Å². The van der Waals surface area contributed by atoms with Gasteiger partial charge in [-0.3, -0.25) is 9.52 Å². The maximum atomic E-state index is 12.4. The highest BCUT2D eigenvalue weighted by atomic mass is 32.2. The number of nitrogens with one attached hydrogen (secondary N) is 2. The molecule has 0 aromatic heterocycles. The van der Waals surface area contributed by atoms with Gasteiger partial charge >= 0.3 is 0 Å². The lowest BCUT2D eigenvalue weighted by atomic mass is 10.1. The van der Waals surface area contributed by atoms with E-state index in [1.807, 2.05) is 25.1 Å².